The fraction of sp³-hybridized carbons (Fsp3) is 0.417. The quantitative estimate of drug-likeness (QED) is 0.823. The SMILES string of the molecule is O=C(c1ccc(F)cc1)N1CCCC1CO. The molecule has 16 heavy (non-hydrogen) atoms. The summed E-state index contributed by atoms with van der Waals surface area (Å²) in [4.78, 5) is 13.7. The predicted octanol–water partition coefficient (Wildman–Crippen LogP) is 1.42. The summed E-state index contributed by atoms with van der Waals surface area (Å²) in [6.45, 7) is 0.661. The molecule has 1 atom stereocenters. The smallest absolute Gasteiger partial charge is 0.254 e. The van der Waals surface area contributed by atoms with Crippen LogP contribution in [0.25, 0.3) is 0 Å². The minimum Gasteiger partial charge on any atom is -0.394 e. The third-order valence-electron chi connectivity index (χ3n) is 2.94. The van der Waals surface area contributed by atoms with Gasteiger partial charge in [0, 0.05) is 12.1 Å². The van der Waals surface area contributed by atoms with Gasteiger partial charge in [-0.15, -0.1) is 0 Å². The van der Waals surface area contributed by atoms with Crippen molar-refractivity contribution in [3.05, 3.63) is 35.6 Å². The number of nitrogens with zero attached hydrogens (tertiary/aromatic N) is 1. The molecule has 2 rings (SSSR count). The molecule has 1 aliphatic rings. The standard InChI is InChI=1S/C12H14FNO2/c13-10-5-3-9(4-6-10)12(16)14-7-1-2-11(14)8-15/h3-6,11,15H,1-2,7-8H2. The molecule has 4 heteroatoms. The maximum atomic E-state index is 12.7. The van der Waals surface area contributed by atoms with E-state index in [2.05, 4.69) is 0 Å². The second-order valence-corrected chi connectivity index (χ2v) is 3.98. The number of aliphatic hydroxyl groups is 1. The molecule has 1 heterocycles. The Hall–Kier alpha value is -1.42. The maximum absolute atomic E-state index is 12.7. The van der Waals surface area contributed by atoms with E-state index in [9.17, 15) is 9.18 Å². The average Bonchev–Trinajstić information content (AvgIpc) is 2.77. The van der Waals surface area contributed by atoms with Gasteiger partial charge in [0.15, 0.2) is 0 Å². The lowest BCUT2D eigenvalue weighted by atomic mass is 10.1. The highest BCUT2D eigenvalue weighted by atomic mass is 19.1. The highest BCUT2D eigenvalue weighted by Gasteiger charge is 2.28. The van der Waals surface area contributed by atoms with Crippen molar-refractivity contribution in [1.29, 1.82) is 0 Å². The summed E-state index contributed by atoms with van der Waals surface area (Å²) in [5, 5.41) is 9.12. The van der Waals surface area contributed by atoms with Crippen molar-refractivity contribution >= 4 is 5.91 Å². The Balaban J connectivity index is 2.15. The summed E-state index contributed by atoms with van der Waals surface area (Å²) < 4.78 is 12.7. The number of carbonyl (C=O) groups excluding carboxylic acids is 1. The second kappa shape index (κ2) is 4.61. The van der Waals surface area contributed by atoms with Gasteiger partial charge in [0.25, 0.3) is 5.91 Å². The van der Waals surface area contributed by atoms with Crippen LogP contribution in [0.5, 0.6) is 0 Å². The number of rotatable bonds is 2. The number of aliphatic hydroxyl groups excluding tert-OH is 1. The molecular formula is C12H14FNO2. The van der Waals surface area contributed by atoms with Crippen molar-refractivity contribution in [3.8, 4) is 0 Å². The van der Waals surface area contributed by atoms with Crippen molar-refractivity contribution in [2.24, 2.45) is 0 Å². The van der Waals surface area contributed by atoms with Crippen molar-refractivity contribution in [3.63, 3.8) is 0 Å². The molecule has 86 valence electrons. The number of carbonyl (C=O) groups is 1. The first kappa shape index (κ1) is 11.1. The fourth-order valence-corrected chi connectivity index (χ4v) is 2.05. The monoisotopic (exact) mass is 223 g/mol. The fourth-order valence-electron chi connectivity index (χ4n) is 2.05. The van der Waals surface area contributed by atoms with E-state index < -0.39 is 0 Å². The Morgan fingerprint density at radius 1 is 1.44 bits per heavy atom. The molecule has 1 amide bonds. The van der Waals surface area contributed by atoms with Crippen molar-refractivity contribution in [2.45, 2.75) is 18.9 Å². The third kappa shape index (κ3) is 2.07. The molecule has 1 unspecified atom stereocenters. The van der Waals surface area contributed by atoms with Crippen molar-refractivity contribution in [1.82, 2.24) is 4.90 Å². The maximum Gasteiger partial charge on any atom is 0.254 e. The van der Waals surface area contributed by atoms with Gasteiger partial charge in [0.05, 0.1) is 12.6 Å². The number of amides is 1. The molecule has 0 saturated carbocycles. The van der Waals surface area contributed by atoms with Crippen LogP contribution in [-0.2, 0) is 0 Å². The van der Waals surface area contributed by atoms with E-state index in [0.717, 1.165) is 12.8 Å². The van der Waals surface area contributed by atoms with Gasteiger partial charge in [-0.2, -0.15) is 0 Å². The van der Waals surface area contributed by atoms with E-state index in [1.54, 1.807) is 4.90 Å². The van der Waals surface area contributed by atoms with Crippen LogP contribution in [0.15, 0.2) is 24.3 Å². The van der Waals surface area contributed by atoms with E-state index in [0.29, 0.717) is 12.1 Å². The zero-order valence-electron chi connectivity index (χ0n) is 8.90. The molecular weight excluding hydrogens is 209 g/mol. The van der Waals surface area contributed by atoms with E-state index >= 15 is 0 Å². The van der Waals surface area contributed by atoms with E-state index in [-0.39, 0.29) is 24.4 Å². The zero-order chi connectivity index (χ0) is 11.5. The van der Waals surface area contributed by atoms with Gasteiger partial charge in [-0.05, 0) is 37.1 Å². The number of likely N-dealkylation sites (tertiary alicyclic amines) is 1. The topological polar surface area (TPSA) is 40.5 Å². The Morgan fingerprint density at radius 2 is 2.12 bits per heavy atom. The van der Waals surface area contributed by atoms with Crippen LogP contribution >= 0.6 is 0 Å². The number of benzene rings is 1. The van der Waals surface area contributed by atoms with E-state index in [1.165, 1.54) is 24.3 Å². The minimum atomic E-state index is -0.350. The molecule has 1 saturated heterocycles. The Labute approximate surface area is 93.5 Å². The molecule has 0 bridgehead atoms. The summed E-state index contributed by atoms with van der Waals surface area (Å²) in [5.74, 6) is -0.478. The summed E-state index contributed by atoms with van der Waals surface area (Å²) >= 11 is 0. The predicted molar refractivity (Wildman–Crippen MR) is 57.5 cm³/mol. The lowest BCUT2D eigenvalue weighted by Crippen LogP contribution is -2.37. The molecule has 1 aliphatic heterocycles. The molecule has 3 nitrogen and oxygen atoms in total. The summed E-state index contributed by atoms with van der Waals surface area (Å²) in [6.07, 6.45) is 1.75. The zero-order valence-corrected chi connectivity index (χ0v) is 8.90. The second-order valence-electron chi connectivity index (χ2n) is 3.98. The van der Waals surface area contributed by atoms with Gasteiger partial charge in [-0.1, -0.05) is 0 Å². The number of halogens is 1. The minimum absolute atomic E-state index is 0.00701. The van der Waals surface area contributed by atoms with Crippen molar-refractivity contribution in [2.75, 3.05) is 13.2 Å². The first-order chi connectivity index (χ1) is 7.72. The number of hydrogen-bond acceptors (Lipinski definition) is 2. The normalized spacial score (nSPS) is 20.1. The first-order valence-corrected chi connectivity index (χ1v) is 5.40. The van der Waals surface area contributed by atoms with Gasteiger partial charge in [-0.3, -0.25) is 4.79 Å². The lowest BCUT2D eigenvalue weighted by Gasteiger charge is -2.22. The molecule has 1 N–H and O–H groups in total. The lowest BCUT2D eigenvalue weighted by molar-refractivity contribution is 0.0677. The van der Waals surface area contributed by atoms with Crippen LogP contribution in [-0.4, -0.2) is 35.1 Å². The Morgan fingerprint density at radius 3 is 2.75 bits per heavy atom. The van der Waals surface area contributed by atoms with Gasteiger partial charge in [-0.25, -0.2) is 4.39 Å². The van der Waals surface area contributed by atoms with Crippen LogP contribution in [0.3, 0.4) is 0 Å². The van der Waals surface area contributed by atoms with Gasteiger partial charge < -0.3 is 10.0 Å². The summed E-state index contributed by atoms with van der Waals surface area (Å²) in [7, 11) is 0. The molecule has 0 aliphatic carbocycles. The van der Waals surface area contributed by atoms with Crippen LogP contribution in [0.1, 0.15) is 23.2 Å². The van der Waals surface area contributed by atoms with Crippen LogP contribution in [0.4, 0.5) is 4.39 Å². The highest BCUT2D eigenvalue weighted by Crippen LogP contribution is 2.19. The molecule has 0 aromatic heterocycles. The average molecular weight is 223 g/mol. The van der Waals surface area contributed by atoms with E-state index in [1.807, 2.05) is 0 Å². The Kier molecular flexibility index (Phi) is 3.19. The highest BCUT2D eigenvalue weighted by molar-refractivity contribution is 5.94. The van der Waals surface area contributed by atoms with Crippen molar-refractivity contribution < 1.29 is 14.3 Å². The molecule has 0 spiro atoms. The Bertz CT molecular complexity index is 377. The summed E-state index contributed by atoms with van der Waals surface area (Å²) in [6, 6.07) is 5.42. The molecule has 1 aromatic rings. The van der Waals surface area contributed by atoms with Gasteiger partial charge in [0.1, 0.15) is 5.82 Å². The van der Waals surface area contributed by atoms with Crippen LogP contribution < -0.4 is 0 Å². The van der Waals surface area contributed by atoms with E-state index in [4.69, 9.17) is 5.11 Å². The van der Waals surface area contributed by atoms with Crippen LogP contribution in [0, 0.1) is 5.82 Å². The largest absolute Gasteiger partial charge is 0.394 e. The van der Waals surface area contributed by atoms with Gasteiger partial charge in [0.2, 0.25) is 0 Å². The third-order valence-corrected chi connectivity index (χ3v) is 2.94. The number of hydrogen-bond donors (Lipinski definition) is 1. The van der Waals surface area contributed by atoms with Gasteiger partial charge >= 0.3 is 0 Å². The molecule has 0 radical (unpaired) electrons. The molecule has 1 fully saturated rings. The van der Waals surface area contributed by atoms with Crippen LogP contribution in [0.2, 0.25) is 0 Å². The molecule has 1 aromatic carbocycles. The first-order valence-electron chi connectivity index (χ1n) is 5.40. The summed E-state index contributed by atoms with van der Waals surface area (Å²) in [5.41, 5.74) is 0.474.